The molecule has 0 aromatic carbocycles. The molecule has 27 heavy (non-hydrogen) atoms. The summed E-state index contributed by atoms with van der Waals surface area (Å²) in [6, 6.07) is 0. The highest BCUT2D eigenvalue weighted by Gasteiger charge is 2.56. The van der Waals surface area contributed by atoms with Crippen LogP contribution in [0, 0.1) is 40.4 Å². The Morgan fingerprint density at radius 1 is 1.15 bits per heavy atom. The fourth-order valence-electron chi connectivity index (χ4n) is 7.01. The van der Waals surface area contributed by atoms with Gasteiger partial charge in [-0.2, -0.15) is 0 Å². The van der Waals surface area contributed by atoms with E-state index in [9.17, 15) is 10.2 Å². The van der Waals surface area contributed by atoms with Gasteiger partial charge in [0.2, 0.25) is 0 Å². The average molecular weight is 378 g/mol. The molecule has 3 saturated carbocycles. The van der Waals surface area contributed by atoms with Gasteiger partial charge < -0.3 is 15.5 Å². The van der Waals surface area contributed by atoms with Crippen LogP contribution in [-0.4, -0.2) is 36.0 Å². The van der Waals surface area contributed by atoms with Crippen LogP contribution < -0.4 is 5.32 Å². The molecule has 7 atom stereocenters. The molecule has 3 fully saturated rings. The first-order valence-electron chi connectivity index (χ1n) is 11.4. The number of nitrogens with one attached hydrogen (secondary N) is 1. The first-order valence-corrected chi connectivity index (χ1v) is 11.4. The Labute approximate surface area is 167 Å². The van der Waals surface area contributed by atoms with E-state index in [-0.39, 0.29) is 24.0 Å². The Kier molecular flexibility index (Phi) is 6.45. The van der Waals surface area contributed by atoms with E-state index < -0.39 is 0 Å². The second-order valence-corrected chi connectivity index (χ2v) is 10.8. The third kappa shape index (κ3) is 3.89. The van der Waals surface area contributed by atoms with Crippen molar-refractivity contribution in [2.45, 2.75) is 78.7 Å². The summed E-state index contributed by atoms with van der Waals surface area (Å²) in [6.07, 6.45) is 7.44. The largest absolute Gasteiger partial charge is 0.396 e. The summed E-state index contributed by atoms with van der Waals surface area (Å²) >= 11 is 0. The molecule has 3 aliphatic carbocycles. The van der Waals surface area contributed by atoms with Gasteiger partial charge in [-0.1, -0.05) is 39.8 Å². The van der Waals surface area contributed by atoms with Crippen molar-refractivity contribution in [3.05, 3.63) is 12.2 Å². The minimum Gasteiger partial charge on any atom is -0.396 e. The maximum Gasteiger partial charge on any atom is 0.0544 e. The van der Waals surface area contributed by atoms with Crippen LogP contribution in [-0.2, 0) is 0 Å². The molecule has 156 valence electrons. The van der Waals surface area contributed by atoms with Gasteiger partial charge in [0.1, 0.15) is 0 Å². The van der Waals surface area contributed by atoms with Crippen molar-refractivity contribution in [2.24, 2.45) is 40.4 Å². The monoisotopic (exact) mass is 377 g/mol. The molecule has 0 aliphatic heterocycles. The second kappa shape index (κ2) is 8.16. The standard InChI is InChI=1S/C24H43NO2/c1-16(2)13-25-14-20-21-7-6-17(3)23(21,4)11-9-22(20)24(5)10-8-19(27)12-18(24)15-26/h16,18-22,25-27H,3,6-15H2,1-2,4-5H3. The van der Waals surface area contributed by atoms with Gasteiger partial charge in [0.05, 0.1) is 6.10 Å². The third-order valence-corrected chi connectivity index (χ3v) is 8.90. The average Bonchev–Trinajstić information content (AvgIpc) is 2.92. The van der Waals surface area contributed by atoms with Gasteiger partial charge >= 0.3 is 0 Å². The number of aliphatic hydroxyl groups excluding tert-OH is 2. The van der Waals surface area contributed by atoms with E-state index in [2.05, 4.69) is 39.6 Å². The number of aliphatic hydroxyl groups is 2. The summed E-state index contributed by atoms with van der Waals surface area (Å²) in [7, 11) is 0. The highest BCUT2D eigenvalue weighted by molar-refractivity contribution is 5.21. The highest BCUT2D eigenvalue weighted by Crippen LogP contribution is 2.63. The Hall–Kier alpha value is -0.380. The van der Waals surface area contributed by atoms with Crippen molar-refractivity contribution in [1.29, 1.82) is 0 Å². The van der Waals surface area contributed by atoms with E-state index >= 15 is 0 Å². The van der Waals surface area contributed by atoms with E-state index in [0.717, 1.165) is 32.4 Å². The van der Waals surface area contributed by atoms with E-state index in [4.69, 9.17) is 0 Å². The van der Waals surface area contributed by atoms with E-state index in [1.54, 1.807) is 0 Å². The Morgan fingerprint density at radius 2 is 1.89 bits per heavy atom. The molecular weight excluding hydrogens is 334 g/mol. The molecule has 3 rings (SSSR count). The fourth-order valence-corrected chi connectivity index (χ4v) is 7.01. The molecular formula is C24H43NO2. The Balaban J connectivity index is 1.86. The summed E-state index contributed by atoms with van der Waals surface area (Å²) < 4.78 is 0. The van der Waals surface area contributed by atoms with Gasteiger partial charge in [-0.15, -0.1) is 0 Å². The zero-order chi connectivity index (χ0) is 19.8. The van der Waals surface area contributed by atoms with E-state index in [1.807, 2.05) is 0 Å². The van der Waals surface area contributed by atoms with Crippen molar-refractivity contribution in [2.75, 3.05) is 19.7 Å². The molecule has 3 N–H and O–H groups in total. The van der Waals surface area contributed by atoms with Crippen LogP contribution in [0.2, 0.25) is 0 Å². The Bertz CT molecular complexity index is 532. The number of allylic oxidation sites excluding steroid dienone is 1. The number of fused-ring (bicyclic) bond motifs is 1. The summed E-state index contributed by atoms with van der Waals surface area (Å²) in [4.78, 5) is 0. The van der Waals surface area contributed by atoms with Gasteiger partial charge in [-0.05, 0) is 98.5 Å². The molecule has 0 spiro atoms. The van der Waals surface area contributed by atoms with Crippen LogP contribution in [0.3, 0.4) is 0 Å². The molecule has 7 unspecified atom stereocenters. The predicted octanol–water partition coefficient (Wildman–Crippen LogP) is 4.39. The zero-order valence-corrected chi connectivity index (χ0v) is 18.1. The molecule has 0 saturated heterocycles. The lowest BCUT2D eigenvalue weighted by atomic mass is 9.49. The molecule has 3 aliphatic rings. The van der Waals surface area contributed by atoms with Crippen molar-refractivity contribution >= 4 is 0 Å². The van der Waals surface area contributed by atoms with Gasteiger partial charge in [0, 0.05) is 6.61 Å². The van der Waals surface area contributed by atoms with Gasteiger partial charge in [0.25, 0.3) is 0 Å². The second-order valence-electron chi connectivity index (χ2n) is 10.8. The summed E-state index contributed by atoms with van der Waals surface area (Å²) in [5.41, 5.74) is 1.92. The minimum atomic E-state index is -0.229. The normalized spacial score (nSPS) is 45.3. The van der Waals surface area contributed by atoms with E-state index in [0.29, 0.717) is 29.1 Å². The van der Waals surface area contributed by atoms with Gasteiger partial charge in [-0.25, -0.2) is 0 Å². The van der Waals surface area contributed by atoms with Gasteiger partial charge in [-0.3, -0.25) is 0 Å². The first kappa shape index (κ1) is 21.3. The smallest absolute Gasteiger partial charge is 0.0544 e. The van der Waals surface area contributed by atoms with Crippen LogP contribution in [0.25, 0.3) is 0 Å². The van der Waals surface area contributed by atoms with Crippen LogP contribution in [0.4, 0.5) is 0 Å². The highest BCUT2D eigenvalue weighted by atomic mass is 16.3. The van der Waals surface area contributed by atoms with Crippen LogP contribution in [0.15, 0.2) is 12.2 Å². The molecule has 0 radical (unpaired) electrons. The molecule has 3 heteroatoms. The molecule has 0 heterocycles. The van der Waals surface area contributed by atoms with E-state index in [1.165, 1.54) is 31.3 Å². The third-order valence-electron chi connectivity index (χ3n) is 8.90. The fraction of sp³-hybridized carbons (Fsp3) is 0.917. The maximum absolute atomic E-state index is 10.2. The quantitative estimate of drug-likeness (QED) is 0.602. The number of hydrogen-bond acceptors (Lipinski definition) is 3. The topological polar surface area (TPSA) is 52.5 Å². The van der Waals surface area contributed by atoms with Crippen molar-refractivity contribution in [1.82, 2.24) is 5.32 Å². The minimum absolute atomic E-state index is 0.142. The maximum atomic E-state index is 10.2. The lowest BCUT2D eigenvalue weighted by molar-refractivity contribution is -0.0933. The lowest BCUT2D eigenvalue weighted by Crippen LogP contribution is -2.53. The molecule has 0 amide bonds. The first-order chi connectivity index (χ1) is 12.7. The van der Waals surface area contributed by atoms with Crippen molar-refractivity contribution < 1.29 is 10.2 Å². The molecule has 0 aromatic heterocycles. The lowest BCUT2D eigenvalue weighted by Gasteiger charge is -2.56. The Morgan fingerprint density at radius 3 is 2.56 bits per heavy atom. The molecule has 3 nitrogen and oxygen atoms in total. The molecule has 0 aromatic rings. The summed E-state index contributed by atoms with van der Waals surface area (Å²) in [5.74, 6) is 2.89. The van der Waals surface area contributed by atoms with Gasteiger partial charge in [0.15, 0.2) is 0 Å². The SMILES string of the molecule is C=C1CCC2C(CNCC(C)C)C(C3(C)CCC(O)CC3CO)CCC12C. The van der Waals surface area contributed by atoms with Crippen molar-refractivity contribution in [3.8, 4) is 0 Å². The zero-order valence-electron chi connectivity index (χ0n) is 18.1. The predicted molar refractivity (Wildman–Crippen MR) is 112 cm³/mol. The van der Waals surface area contributed by atoms with Crippen molar-refractivity contribution in [3.63, 3.8) is 0 Å². The van der Waals surface area contributed by atoms with Crippen LogP contribution in [0.1, 0.15) is 72.6 Å². The summed E-state index contributed by atoms with van der Waals surface area (Å²) in [6.45, 7) is 16.3. The number of rotatable bonds is 6. The van der Waals surface area contributed by atoms with Crippen LogP contribution >= 0.6 is 0 Å². The number of hydrogen-bond donors (Lipinski definition) is 3. The molecule has 0 bridgehead atoms. The van der Waals surface area contributed by atoms with Crippen LogP contribution in [0.5, 0.6) is 0 Å². The summed E-state index contributed by atoms with van der Waals surface area (Å²) in [5, 5.41) is 24.1.